The molecule has 1 heterocycles. The molecule has 1 aliphatic carbocycles. The van der Waals surface area contributed by atoms with E-state index in [0.717, 1.165) is 12.8 Å². The Labute approximate surface area is 156 Å². The molecule has 2 fully saturated rings. The average molecular weight is 369 g/mol. The van der Waals surface area contributed by atoms with Crippen molar-refractivity contribution < 1.29 is 5.11 Å². The first kappa shape index (κ1) is 17.4. The molecule has 5 atom stereocenters. The molecule has 3 heteroatoms. The van der Waals surface area contributed by atoms with Crippen LogP contribution in [-0.4, -0.2) is 30.3 Å². The summed E-state index contributed by atoms with van der Waals surface area (Å²) < 4.78 is 0. The number of hydrogen-bond acceptors (Lipinski definition) is 2. The molecule has 1 N–H and O–H groups in total. The molecule has 2 aromatic rings. The Morgan fingerprint density at radius 1 is 1.00 bits per heavy atom. The van der Waals surface area contributed by atoms with Gasteiger partial charge >= 0.3 is 0 Å². The molecule has 1 nitrogen and oxygen atoms in total. The molecular weight excluding hydrogens is 340 g/mol. The third kappa shape index (κ3) is 3.22. The normalized spacial score (nSPS) is 31.9. The lowest BCUT2D eigenvalue weighted by molar-refractivity contribution is 0.123. The minimum absolute atomic E-state index is 0.116. The van der Waals surface area contributed by atoms with Crippen LogP contribution in [0.5, 0.6) is 0 Å². The van der Waals surface area contributed by atoms with Crippen molar-refractivity contribution in [3.63, 3.8) is 0 Å². The monoisotopic (exact) mass is 368 g/mol. The lowest BCUT2D eigenvalue weighted by atomic mass is 9.90. The molecule has 25 heavy (non-hydrogen) atoms. The molecule has 0 radical (unpaired) electrons. The lowest BCUT2D eigenvalue weighted by Crippen LogP contribution is -2.47. The zero-order valence-corrected chi connectivity index (χ0v) is 17.0. The number of aliphatic hydroxyl groups excluding tert-OH is 1. The first-order chi connectivity index (χ1) is 12.1. The molecule has 2 aliphatic rings. The van der Waals surface area contributed by atoms with Crippen molar-refractivity contribution in [1.82, 2.24) is 0 Å². The number of fused-ring (bicyclic) bond motifs is 1. The quantitative estimate of drug-likeness (QED) is 0.811. The summed E-state index contributed by atoms with van der Waals surface area (Å²) in [6, 6.07) is 21.9. The predicted octanol–water partition coefficient (Wildman–Crippen LogP) is 4.33. The summed E-state index contributed by atoms with van der Waals surface area (Å²) in [6.45, 7) is 5.02. The smallest absolute Gasteiger partial charge is 0.0840 e. The molecule has 0 spiro atoms. The van der Waals surface area contributed by atoms with E-state index < -0.39 is 8.07 Å². The molecule has 0 amide bonds. The summed E-state index contributed by atoms with van der Waals surface area (Å²) in [5.74, 6) is 2.40. The maximum Gasteiger partial charge on any atom is 0.0840 e. The van der Waals surface area contributed by atoms with Gasteiger partial charge in [0.05, 0.1) is 14.2 Å². The molecule has 0 aromatic heterocycles. The Balaban J connectivity index is 1.55. The molecule has 2 aromatic carbocycles. The highest BCUT2D eigenvalue weighted by Gasteiger charge is 2.55. The highest BCUT2D eigenvalue weighted by atomic mass is 32.2. The van der Waals surface area contributed by atoms with Gasteiger partial charge in [-0.05, 0) is 35.6 Å². The maximum atomic E-state index is 10.9. The van der Waals surface area contributed by atoms with E-state index >= 15 is 0 Å². The predicted molar refractivity (Wildman–Crippen MR) is 111 cm³/mol. The molecule has 132 valence electrons. The first-order valence-electron chi connectivity index (χ1n) is 9.46. The van der Waals surface area contributed by atoms with E-state index in [1.807, 2.05) is 0 Å². The van der Waals surface area contributed by atoms with Gasteiger partial charge in [-0.1, -0.05) is 78.9 Å². The van der Waals surface area contributed by atoms with Crippen LogP contribution in [0.15, 0.2) is 60.7 Å². The molecule has 1 saturated heterocycles. The van der Waals surface area contributed by atoms with Gasteiger partial charge in [0, 0.05) is 11.2 Å². The van der Waals surface area contributed by atoms with Gasteiger partial charge in [-0.2, -0.15) is 11.8 Å². The fourth-order valence-electron chi connectivity index (χ4n) is 5.20. The van der Waals surface area contributed by atoms with Crippen molar-refractivity contribution in [2.75, 3.05) is 5.75 Å². The standard InChI is InChI=1S/C22H28OSSi/c1-25(2,17-11-7-4-8-12-17)21-14-19(23)22-18(21)15-24-20(22)13-16-9-5-3-6-10-16/h3-12,18-23H,13-15H2,1-2H3/t18-,19+,20-,21+,22-/m1/s1. The number of benzene rings is 2. The van der Waals surface area contributed by atoms with Crippen LogP contribution in [0.4, 0.5) is 0 Å². The Hall–Kier alpha value is -1.03. The maximum absolute atomic E-state index is 10.9. The van der Waals surface area contributed by atoms with E-state index in [-0.39, 0.29) is 6.10 Å². The fraction of sp³-hybridized carbons (Fsp3) is 0.455. The second-order valence-corrected chi connectivity index (χ2v) is 14.3. The zero-order chi connectivity index (χ0) is 17.4. The topological polar surface area (TPSA) is 20.2 Å². The van der Waals surface area contributed by atoms with Crippen LogP contribution >= 0.6 is 11.8 Å². The lowest BCUT2D eigenvalue weighted by Gasteiger charge is -2.34. The first-order valence-corrected chi connectivity index (χ1v) is 13.6. The van der Waals surface area contributed by atoms with Crippen LogP contribution in [0.1, 0.15) is 12.0 Å². The van der Waals surface area contributed by atoms with Gasteiger partial charge < -0.3 is 5.11 Å². The highest BCUT2D eigenvalue weighted by Crippen LogP contribution is 2.56. The van der Waals surface area contributed by atoms with Gasteiger partial charge in [-0.15, -0.1) is 0 Å². The van der Waals surface area contributed by atoms with Crippen molar-refractivity contribution in [3.8, 4) is 0 Å². The average Bonchev–Trinajstić information content (AvgIpc) is 3.19. The van der Waals surface area contributed by atoms with Gasteiger partial charge in [-0.3, -0.25) is 0 Å². The van der Waals surface area contributed by atoms with Gasteiger partial charge in [0.2, 0.25) is 0 Å². The van der Waals surface area contributed by atoms with E-state index in [9.17, 15) is 5.11 Å². The minimum atomic E-state index is -1.57. The van der Waals surface area contributed by atoms with Gasteiger partial charge in [0.1, 0.15) is 0 Å². The Morgan fingerprint density at radius 3 is 2.32 bits per heavy atom. The number of thioether (sulfide) groups is 1. The van der Waals surface area contributed by atoms with Crippen LogP contribution in [0, 0.1) is 11.8 Å². The molecule has 0 bridgehead atoms. The summed E-state index contributed by atoms with van der Waals surface area (Å²) in [4.78, 5) is 0. The molecular formula is C22H28OSSi. The number of aliphatic hydroxyl groups is 1. The van der Waals surface area contributed by atoms with Crippen LogP contribution in [0.3, 0.4) is 0 Å². The van der Waals surface area contributed by atoms with Crippen LogP contribution < -0.4 is 5.19 Å². The van der Waals surface area contributed by atoms with Crippen molar-refractivity contribution in [2.45, 2.75) is 42.8 Å². The number of hydrogen-bond donors (Lipinski definition) is 1. The van der Waals surface area contributed by atoms with E-state index in [0.29, 0.717) is 22.6 Å². The molecule has 0 unspecified atom stereocenters. The Bertz CT molecular complexity index is 702. The summed E-state index contributed by atoms with van der Waals surface area (Å²) in [5, 5.41) is 13.1. The summed E-state index contributed by atoms with van der Waals surface area (Å²) >= 11 is 2.11. The summed E-state index contributed by atoms with van der Waals surface area (Å²) in [6.07, 6.45) is 1.99. The van der Waals surface area contributed by atoms with Crippen LogP contribution in [0.2, 0.25) is 18.6 Å². The minimum Gasteiger partial charge on any atom is -0.393 e. The largest absolute Gasteiger partial charge is 0.393 e. The zero-order valence-electron chi connectivity index (χ0n) is 15.1. The SMILES string of the molecule is C[Si](C)(c1ccccc1)[C@H]1C[C@H](O)[C@H]2[C@@H]1CS[C@@H]2Cc1ccccc1. The third-order valence-electron chi connectivity index (χ3n) is 6.61. The second-order valence-electron chi connectivity index (χ2n) is 8.30. The van der Waals surface area contributed by atoms with Crippen LogP contribution in [0.25, 0.3) is 0 Å². The van der Waals surface area contributed by atoms with Gasteiger partial charge in [0.25, 0.3) is 0 Å². The van der Waals surface area contributed by atoms with Crippen molar-refractivity contribution in [1.29, 1.82) is 0 Å². The molecule has 1 saturated carbocycles. The molecule has 1 aliphatic heterocycles. The number of rotatable bonds is 4. The van der Waals surface area contributed by atoms with Crippen LogP contribution in [-0.2, 0) is 6.42 Å². The molecule has 4 rings (SSSR count). The fourth-order valence-corrected chi connectivity index (χ4v) is 10.9. The summed E-state index contributed by atoms with van der Waals surface area (Å²) in [5.41, 5.74) is 2.11. The van der Waals surface area contributed by atoms with Gasteiger partial charge in [0.15, 0.2) is 0 Å². The Morgan fingerprint density at radius 2 is 1.64 bits per heavy atom. The van der Waals surface area contributed by atoms with Crippen molar-refractivity contribution in [3.05, 3.63) is 66.2 Å². The summed E-state index contributed by atoms with van der Waals surface area (Å²) in [7, 11) is -1.57. The van der Waals surface area contributed by atoms with E-state index in [4.69, 9.17) is 0 Å². The van der Waals surface area contributed by atoms with E-state index in [2.05, 4.69) is 85.5 Å². The van der Waals surface area contributed by atoms with Gasteiger partial charge in [-0.25, -0.2) is 0 Å². The van der Waals surface area contributed by atoms with E-state index in [1.165, 1.54) is 11.3 Å². The Kier molecular flexibility index (Phi) is 4.82. The van der Waals surface area contributed by atoms with Crippen molar-refractivity contribution in [2.24, 2.45) is 11.8 Å². The van der Waals surface area contributed by atoms with E-state index in [1.54, 1.807) is 5.19 Å². The second kappa shape index (κ2) is 6.94. The third-order valence-corrected chi connectivity index (χ3v) is 12.4. The van der Waals surface area contributed by atoms with Crippen molar-refractivity contribution >= 4 is 25.0 Å². The highest BCUT2D eigenvalue weighted by molar-refractivity contribution is 8.00.